The number of ether oxygens (including phenoxy) is 3. The van der Waals surface area contributed by atoms with Gasteiger partial charge in [0.2, 0.25) is 0 Å². The molecule has 38 heavy (non-hydrogen) atoms. The summed E-state index contributed by atoms with van der Waals surface area (Å²) >= 11 is 0. The Bertz CT molecular complexity index is 1170. The third kappa shape index (κ3) is 6.00. The third-order valence-electron chi connectivity index (χ3n) is 8.10. The van der Waals surface area contributed by atoms with E-state index in [4.69, 9.17) is 14.2 Å². The van der Waals surface area contributed by atoms with Crippen LogP contribution in [0.1, 0.15) is 74.5 Å². The number of methoxy groups -OCH3 is 1. The highest BCUT2D eigenvalue weighted by Gasteiger charge is 2.45. The lowest BCUT2D eigenvalue weighted by Crippen LogP contribution is -2.43. The normalized spacial score (nSPS) is 21.7. The van der Waals surface area contributed by atoms with Crippen LogP contribution in [0.3, 0.4) is 0 Å². The van der Waals surface area contributed by atoms with Crippen molar-refractivity contribution < 1.29 is 19.3 Å². The molecular formula is C33H41NO4. The van der Waals surface area contributed by atoms with Crippen LogP contribution in [0.25, 0.3) is 0 Å². The highest BCUT2D eigenvalue weighted by molar-refractivity contribution is 5.52. The Balaban J connectivity index is 1.34. The smallest absolute Gasteiger partial charge is 0.127 e. The molecule has 1 unspecified atom stereocenters. The molecule has 5 rings (SSSR count). The monoisotopic (exact) mass is 515 g/mol. The predicted molar refractivity (Wildman–Crippen MR) is 152 cm³/mol. The first-order chi connectivity index (χ1) is 18.4. The molecule has 3 atom stereocenters. The van der Waals surface area contributed by atoms with Crippen molar-refractivity contribution in [3.05, 3.63) is 89.5 Å². The molecule has 1 saturated carbocycles. The van der Waals surface area contributed by atoms with E-state index in [1.807, 2.05) is 24.3 Å². The number of aliphatic hydroxyl groups is 1. The Labute approximate surface area is 227 Å². The van der Waals surface area contributed by atoms with Crippen LogP contribution in [0.2, 0.25) is 0 Å². The zero-order valence-corrected chi connectivity index (χ0v) is 22.9. The summed E-state index contributed by atoms with van der Waals surface area (Å²) < 4.78 is 18.1. The summed E-state index contributed by atoms with van der Waals surface area (Å²) in [5.41, 5.74) is 3.17. The summed E-state index contributed by atoms with van der Waals surface area (Å²) in [7, 11) is 1.68. The molecule has 0 bridgehead atoms. The molecule has 1 fully saturated rings. The van der Waals surface area contributed by atoms with Crippen molar-refractivity contribution in [2.75, 3.05) is 20.3 Å². The molecule has 0 radical (unpaired) electrons. The van der Waals surface area contributed by atoms with E-state index >= 15 is 0 Å². The molecule has 1 heterocycles. The van der Waals surface area contributed by atoms with Gasteiger partial charge in [0.05, 0.1) is 7.11 Å². The standard InChI is InChI=1S/C33H41NO4/c1-33(2)32(24-10-6-4-7-11-24)31(29-19-18-28(36-3)20-30(29)38-33)23-14-16-27(17-15-23)37-22-26(35)21-34-25-12-8-5-9-13-25/h4,6-7,10-11,14-20,25-26,31-32,34-35H,5,8-9,12-13,21-22H2,1-3H3/t26?,31-,32+/m1/s1. The molecule has 3 aromatic carbocycles. The van der Waals surface area contributed by atoms with Crippen LogP contribution in [0.4, 0.5) is 0 Å². The zero-order valence-electron chi connectivity index (χ0n) is 22.9. The van der Waals surface area contributed by atoms with Crippen molar-refractivity contribution in [2.45, 2.75) is 75.5 Å². The van der Waals surface area contributed by atoms with Gasteiger partial charge in [-0.3, -0.25) is 0 Å². The van der Waals surface area contributed by atoms with Crippen LogP contribution in [-0.4, -0.2) is 43.1 Å². The van der Waals surface area contributed by atoms with Gasteiger partial charge in [0.25, 0.3) is 0 Å². The van der Waals surface area contributed by atoms with Gasteiger partial charge in [-0.15, -0.1) is 0 Å². The van der Waals surface area contributed by atoms with Crippen LogP contribution < -0.4 is 19.5 Å². The molecule has 202 valence electrons. The predicted octanol–water partition coefficient (Wildman–Crippen LogP) is 6.44. The fraction of sp³-hybridized carbons (Fsp3) is 0.455. The van der Waals surface area contributed by atoms with Gasteiger partial charge in [0.1, 0.15) is 35.6 Å². The van der Waals surface area contributed by atoms with Crippen molar-refractivity contribution in [1.29, 1.82) is 0 Å². The van der Waals surface area contributed by atoms with E-state index in [9.17, 15) is 5.11 Å². The Morgan fingerprint density at radius 2 is 1.63 bits per heavy atom. The second-order valence-corrected chi connectivity index (χ2v) is 11.3. The average molecular weight is 516 g/mol. The van der Waals surface area contributed by atoms with Gasteiger partial charge >= 0.3 is 0 Å². The maximum absolute atomic E-state index is 10.5. The topological polar surface area (TPSA) is 60.0 Å². The van der Waals surface area contributed by atoms with Gasteiger partial charge in [0, 0.05) is 36.1 Å². The first kappa shape index (κ1) is 26.6. The van der Waals surface area contributed by atoms with Crippen molar-refractivity contribution in [2.24, 2.45) is 0 Å². The molecule has 2 aliphatic rings. The van der Waals surface area contributed by atoms with Crippen LogP contribution in [0, 0.1) is 0 Å². The van der Waals surface area contributed by atoms with E-state index in [2.05, 4.69) is 67.7 Å². The molecule has 0 amide bonds. The van der Waals surface area contributed by atoms with Gasteiger partial charge in [-0.2, -0.15) is 0 Å². The Kier molecular flexibility index (Phi) is 8.25. The first-order valence-corrected chi connectivity index (χ1v) is 14.0. The van der Waals surface area contributed by atoms with Crippen molar-refractivity contribution in [3.63, 3.8) is 0 Å². The summed E-state index contributed by atoms with van der Waals surface area (Å²) in [5.74, 6) is 2.63. The van der Waals surface area contributed by atoms with Crippen LogP contribution >= 0.6 is 0 Å². The Morgan fingerprint density at radius 1 is 0.921 bits per heavy atom. The van der Waals surface area contributed by atoms with Gasteiger partial charge in [-0.05, 0) is 56.0 Å². The fourth-order valence-corrected chi connectivity index (χ4v) is 6.17. The number of fused-ring (bicyclic) bond motifs is 1. The van der Waals surface area contributed by atoms with E-state index in [0.717, 1.165) is 22.8 Å². The minimum absolute atomic E-state index is 0.0985. The molecule has 0 saturated heterocycles. The molecular weight excluding hydrogens is 474 g/mol. The highest BCUT2D eigenvalue weighted by Crippen LogP contribution is 2.53. The number of rotatable bonds is 9. The Morgan fingerprint density at radius 3 is 2.34 bits per heavy atom. The quantitative estimate of drug-likeness (QED) is 0.343. The molecule has 2 N–H and O–H groups in total. The molecule has 0 aromatic heterocycles. The van der Waals surface area contributed by atoms with Crippen LogP contribution in [0.15, 0.2) is 72.8 Å². The highest BCUT2D eigenvalue weighted by atomic mass is 16.5. The van der Waals surface area contributed by atoms with E-state index < -0.39 is 11.7 Å². The summed E-state index contributed by atoms with van der Waals surface area (Å²) in [4.78, 5) is 0. The first-order valence-electron chi connectivity index (χ1n) is 14.0. The minimum Gasteiger partial charge on any atom is -0.497 e. The number of nitrogens with one attached hydrogen (secondary N) is 1. The lowest BCUT2D eigenvalue weighted by atomic mass is 9.68. The van der Waals surface area contributed by atoms with E-state index in [-0.39, 0.29) is 18.4 Å². The molecule has 5 nitrogen and oxygen atoms in total. The maximum Gasteiger partial charge on any atom is 0.127 e. The lowest BCUT2D eigenvalue weighted by Gasteiger charge is -2.45. The third-order valence-corrected chi connectivity index (χ3v) is 8.10. The second kappa shape index (κ2) is 11.8. The summed E-state index contributed by atoms with van der Waals surface area (Å²) in [6, 6.07) is 25.6. The van der Waals surface area contributed by atoms with E-state index in [1.54, 1.807) is 7.11 Å². The second-order valence-electron chi connectivity index (χ2n) is 11.3. The summed E-state index contributed by atoms with van der Waals surface area (Å²) in [6.45, 7) is 5.18. The average Bonchev–Trinajstić information content (AvgIpc) is 2.94. The van der Waals surface area contributed by atoms with Gasteiger partial charge < -0.3 is 24.6 Å². The molecule has 0 spiro atoms. The molecule has 3 aromatic rings. The van der Waals surface area contributed by atoms with Crippen LogP contribution in [-0.2, 0) is 0 Å². The van der Waals surface area contributed by atoms with E-state index in [0.29, 0.717) is 12.6 Å². The molecule has 1 aliphatic heterocycles. The van der Waals surface area contributed by atoms with Gasteiger partial charge in [-0.1, -0.05) is 67.8 Å². The van der Waals surface area contributed by atoms with Gasteiger partial charge in [-0.25, -0.2) is 0 Å². The van der Waals surface area contributed by atoms with Crippen molar-refractivity contribution >= 4 is 0 Å². The zero-order chi connectivity index (χ0) is 26.5. The van der Waals surface area contributed by atoms with Crippen molar-refractivity contribution in [3.8, 4) is 17.2 Å². The minimum atomic E-state index is -0.530. The maximum atomic E-state index is 10.5. The van der Waals surface area contributed by atoms with Gasteiger partial charge in [0.15, 0.2) is 0 Å². The van der Waals surface area contributed by atoms with E-state index in [1.165, 1.54) is 43.2 Å². The fourth-order valence-electron chi connectivity index (χ4n) is 6.17. The molecule has 5 heteroatoms. The summed E-state index contributed by atoms with van der Waals surface area (Å²) in [5, 5.41) is 14.0. The lowest BCUT2D eigenvalue weighted by molar-refractivity contribution is 0.0528. The SMILES string of the molecule is COc1ccc2c(c1)OC(C)(C)[C@@H](c1ccccc1)[C@@H]2c1ccc(OCC(O)CNC2CCCCC2)cc1. The number of benzene rings is 3. The Hall–Kier alpha value is -3.02. The number of hydrogen-bond donors (Lipinski definition) is 2. The number of aliphatic hydroxyl groups excluding tert-OH is 1. The summed E-state index contributed by atoms with van der Waals surface area (Å²) in [6.07, 6.45) is 5.78. The largest absolute Gasteiger partial charge is 0.497 e. The van der Waals surface area contributed by atoms with Crippen LogP contribution in [0.5, 0.6) is 17.2 Å². The van der Waals surface area contributed by atoms with Crippen molar-refractivity contribution in [1.82, 2.24) is 5.32 Å². The molecule has 1 aliphatic carbocycles. The number of hydrogen-bond acceptors (Lipinski definition) is 5.